The number of hydrogen-bond donors (Lipinski definition) is 0. The second-order valence-corrected chi connectivity index (χ2v) is 4.99. The van der Waals surface area contributed by atoms with E-state index >= 15 is 0 Å². The lowest BCUT2D eigenvalue weighted by Crippen LogP contribution is -1.83. The SMILES string of the molecule is N#Cc1cc2c(s1)CS(=O)C2. The minimum absolute atomic E-state index is 0.646. The Morgan fingerprint density at radius 2 is 2.45 bits per heavy atom. The second-order valence-electron chi connectivity index (χ2n) is 2.40. The molecule has 1 aromatic heterocycles. The van der Waals surface area contributed by atoms with E-state index in [1.165, 1.54) is 11.3 Å². The summed E-state index contributed by atoms with van der Waals surface area (Å²) in [5.41, 5.74) is 1.12. The first-order chi connectivity index (χ1) is 5.29. The molecule has 0 aromatic carbocycles. The summed E-state index contributed by atoms with van der Waals surface area (Å²) < 4.78 is 11.0. The molecule has 4 heteroatoms. The van der Waals surface area contributed by atoms with Gasteiger partial charge in [0.25, 0.3) is 0 Å². The molecule has 0 fully saturated rings. The van der Waals surface area contributed by atoms with E-state index in [-0.39, 0.29) is 0 Å². The van der Waals surface area contributed by atoms with Gasteiger partial charge < -0.3 is 0 Å². The highest BCUT2D eigenvalue weighted by Gasteiger charge is 2.19. The molecule has 0 spiro atoms. The molecule has 2 heterocycles. The molecule has 2 rings (SSSR count). The molecule has 2 nitrogen and oxygen atoms in total. The van der Waals surface area contributed by atoms with E-state index in [1.54, 1.807) is 0 Å². The fraction of sp³-hybridized carbons (Fsp3) is 0.286. The van der Waals surface area contributed by atoms with Crippen molar-refractivity contribution in [2.24, 2.45) is 0 Å². The Morgan fingerprint density at radius 1 is 1.64 bits per heavy atom. The van der Waals surface area contributed by atoms with Crippen LogP contribution in [0.2, 0.25) is 0 Å². The third-order valence-corrected chi connectivity index (χ3v) is 4.12. The molecular formula is C7H5NOS2. The molecule has 11 heavy (non-hydrogen) atoms. The molecule has 0 radical (unpaired) electrons. The lowest BCUT2D eigenvalue weighted by molar-refractivity contribution is 0.684. The maximum atomic E-state index is 11.0. The predicted molar refractivity (Wildman–Crippen MR) is 44.6 cm³/mol. The van der Waals surface area contributed by atoms with Crippen LogP contribution in [-0.2, 0) is 22.3 Å². The van der Waals surface area contributed by atoms with Gasteiger partial charge in [-0.15, -0.1) is 11.3 Å². The molecule has 0 amide bonds. The Bertz CT molecular complexity index is 336. The normalized spacial score (nSPS) is 21.2. The van der Waals surface area contributed by atoms with E-state index in [9.17, 15) is 4.21 Å². The number of rotatable bonds is 0. The average molecular weight is 183 g/mol. The molecule has 1 aliphatic rings. The Morgan fingerprint density at radius 3 is 3.09 bits per heavy atom. The van der Waals surface area contributed by atoms with Crippen LogP contribution in [0.5, 0.6) is 0 Å². The summed E-state index contributed by atoms with van der Waals surface area (Å²) in [6.07, 6.45) is 0. The van der Waals surface area contributed by atoms with Crippen molar-refractivity contribution < 1.29 is 4.21 Å². The monoisotopic (exact) mass is 183 g/mol. The van der Waals surface area contributed by atoms with Crippen LogP contribution in [-0.4, -0.2) is 4.21 Å². The van der Waals surface area contributed by atoms with Gasteiger partial charge in [-0.05, 0) is 11.6 Å². The van der Waals surface area contributed by atoms with Crippen molar-refractivity contribution in [3.63, 3.8) is 0 Å². The van der Waals surface area contributed by atoms with E-state index in [0.29, 0.717) is 11.5 Å². The van der Waals surface area contributed by atoms with Gasteiger partial charge in [0.15, 0.2) is 0 Å². The minimum atomic E-state index is -0.697. The Hall–Kier alpha value is -0.660. The van der Waals surface area contributed by atoms with E-state index in [1.807, 2.05) is 6.07 Å². The number of nitriles is 1. The zero-order valence-corrected chi connectivity index (χ0v) is 7.30. The predicted octanol–water partition coefficient (Wildman–Crippen LogP) is 1.38. The van der Waals surface area contributed by atoms with Gasteiger partial charge in [-0.2, -0.15) is 5.26 Å². The maximum Gasteiger partial charge on any atom is 0.110 e. The number of thiophene rings is 1. The van der Waals surface area contributed by atoms with Crippen LogP contribution in [0.4, 0.5) is 0 Å². The van der Waals surface area contributed by atoms with Gasteiger partial charge >= 0.3 is 0 Å². The van der Waals surface area contributed by atoms with Crippen LogP contribution in [0.3, 0.4) is 0 Å². The van der Waals surface area contributed by atoms with Gasteiger partial charge in [0.05, 0.1) is 11.5 Å². The third kappa shape index (κ3) is 1.10. The molecule has 1 unspecified atom stereocenters. The molecule has 0 saturated carbocycles. The second kappa shape index (κ2) is 2.43. The molecule has 1 atom stereocenters. The van der Waals surface area contributed by atoms with Crippen LogP contribution < -0.4 is 0 Å². The van der Waals surface area contributed by atoms with Gasteiger partial charge in [0, 0.05) is 15.7 Å². The van der Waals surface area contributed by atoms with Crippen molar-refractivity contribution in [1.29, 1.82) is 5.26 Å². The van der Waals surface area contributed by atoms with Gasteiger partial charge in [0.2, 0.25) is 0 Å². The van der Waals surface area contributed by atoms with Crippen LogP contribution in [0.15, 0.2) is 6.07 Å². The van der Waals surface area contributed by atoms with Gasteiger partial charge in [0.1, 0.15) is 10.9 Å². The van der Waals surface area contributed by atoms with Crippen LogP contribution in [0, 0.1) is 11.3 Å². The van der Waals surface area contributed by atoms with Crippen molar-refractivity contribution in [3.8, 4) is 6.07 Å². The lowest BCUT2D eigenvalue weighted by atomic mass is 10.3. The van der Waals surface area contributed by atoms with Crippen LogP contribution in [0.25, 0.3) is 0 Å². The van der Waals surface area contributed by atoms with Crippen LogP contribution in [0.1, 0.15) is 15.3 Å². The van der Waals surface area contributed by atoms with Crippen molar-refractivity contribution in [1.82, 2.24) is 0 Å². The van der Waals surface area contributed by atoms with Gasteiger partial charge in [-0.25, -0.2) is 0 Å². The third-order valence-electron chi connectivity index (χ3n) is 1.62. The number of fused-ring (bicyclic) bond motifs is 1. The van der Waals surface area contributed by atoms with E-state index in [4.69, 9.17) is 5.26 Å². The summed E-state index contributed by atoms with van der Waals surface area (Å²) in [6.45, 7) is 0. The van der Waals surface area contributed by atoms with Crippen molar-refractivity contribution in [2.45, 2.75) is 11.5 Å². The van der Waals surface area contributed by atoms with E-state index < -0.39 is 10.8 Å². The Labute approximate surface area is 70.9 Å². The lowest BCUT2D eigenvalue weighted by Gasteiger charge is -1.82. The number of nitrogens with zero attached hydrogens (tertiary/aromatic N) is 1. The van der Waals surface area contributed by atoms with E-state index in [2.05, 4.69) is 6.07 Å². The largest absolute Gasteiger partial charge is 0.259 e. The summed E-state index contributed by atoms with van der Waals surface area (Å²) in [7, 11) is -0.697. The average Bonchev–Trinajstić information content (AvgIpc) is 2.43. The fourth-order valence-corrected chi connectivity index (χ4v) is 3.82. The fourth-order valence-electron chi connectivity index (χ4n) is 1.14. The smallest absolute Gasteiger partial charge is 0.110 e. The first-order valence-electron chi connectivity index (χ1n) is 3.16. The van der Waals surface area contributed by atoms with Crippen molar-refractivity contribution >= 4 is 22.1 Å². The summed E-state index contributed by atoms with van der Waals surface area (Å²) >= 11 is 1.47. The summed E-state index contributed by atoms with van der Waals surface area (Å²) in [6, 6.07) is 3.94. The Balaban J connectivity index is 2.46. The zero-order valence-electron chi connectivity index (χ0n) is 5.66. The quantitative estimate of drug-likeness (QED) is 0.609. The van der Waals surface area contributed by atoms with E-state index in [0.717, 1.165) is 15.3 Å². The highest BCUT2D eigenvalue weighted by molar-refractivity contribution is 7.84. The van der Waals surface area contributed by atoms with Crippen molar-refractivity contribution in [3.05, 3.63) is 21.4 Å². The summed E-state index contributed by atoms with van der Waals surface area (Å²) in [5.74, 6) is 1.30. The van der Waals surface area contributed by atoms with Gasteiger partial charge in [-0.1, -0.05) is 0 Å². The Kier molecular flexibility index (Phi) is 1.55. The molecule has 56 valence electrons. The highest BCUT2D eigenvalue weighted by Crippen LogP contribution is 2.30. The molecule has 1 aromatic rings. The first-order valence-corrected chi connectivity index (χ1v) is 5.46. The molecule has 0 aliphatic carbocycles. The summed E-state index contributed by atoms with van der Waals surface area (Å²) in [4.78, 5) is 1.88. The molecule has 0 N–H and O–H groups in total. The molecule has 0 saturated heterocycles. The minimum Gasteiger partial charge on any atom is -0.259 e. The molecular weight excluding hydrogens is 178 g/mol. The standard InChI is InChI=1S/C7H5NOS2/c8-2-6-1-5-3-11(9)4-7(5)10-6/h1H,3-4H2. The van der Waals surface area contributed by atoms with Crippen molar-refractivity contribution in [2.75, 3.05) is 0 Å². The van der Waals surface area contributed by atoms with Crippen LogP contribution >= 0.6 is 11.3 Å². The zero-order chi connectivity index (χ0) is 7.84. The first kappa shape index (κ1) is 7.01. The molecule has 0 bridgehead atoms. The van der Waals surface area contributed by atoms with Gasteiger partial charge in [-0.3, -0.25) is 4.21 Å². The molecule has 1 aliphatic heterocycles. The highest BCUT2D eigenvalue weighted by atomic mass is 32.2. The summed E-state index contributed by atoms with van der Waals surface area (Å²) in [5, 5.41) is 8.55. The maximum absolute atomic E-state index is 11.0. The topological polar surface area (TPSA) is 40.9 Å². The number of hydrogen-bond acceptors (Lipinski definition) is 3.